The van der Waals surface area contributed by atoms with Crippen LogP contribution < -0.4 is 10.6 Å². The third-order valence-electron chi connectivity index (χ3n) is 4.39. The number of carbonyl (C=O) groups excluding carboxylic acids is 1. The summed E-state index contributed by atoms with van der Waals surface area (Å²) in [5.74, 6) is 0.193. The summed E-state index contributed by atoms with van der Waals surface area (Å²) in [5, 5.41) is 15.0. The van der Waals surface area contributed by atoms with Gasteiger partial charge in [0.2, 0.25) is 0 Å². The molecule has 2 aromatic heterocycles. The molecule has 6 nitrogen and oxygen atoms in total. The Morgan fingerprint density at radius 3 is 2.40 bits per heavy atom. The van der Waals surface area contributed by atoms with Gasteiger partial charge in [-0.1, -0.05) is 48.0 Å². The number of para-hydroxylation sites is 1. The largest absolute Gasteiger partial charge is 0.356 e. The quantitative estimate of drug-likeness (QED) is 0.464. The van der Waals surface area contributed by atoms with Crippen molar-refractivity contribution < 1.29 is 4.79 Å². The van der Waals surface area contributed by atoms with Crippen LogP contribution in [0, 0.1) is 0 Å². The summed E-state index contributed by atoms with van der Waals surface area (Å²) in [6.45, 7) is 0. The Balaban J connectivity index is 1.54. The van der Waals surface area contributed by atoms with Gasteiger partial charge in [0.05, 0.1) is 11.7 Å². The summed E-state index contributed by atoms with van der Waals surface area (Å²) in [6, 6.07) is 25.5. The van der Waals surface area contributed by atoms with E-state index in [0.717, 1.165) is 11.3 Å². The van der Waals surface area contributed by atoms with Gasteiger partial charge in [-0.2, -0.15) is 0 Å². The number of hydrogen-bond donors (Lipinski definition) is 2. The number of carbonyl (C=O) groups is 1. The van der Waals surface area contributed by atoms with Gasteiger partial charge in [0.25, 0.3) is 5.91 Å². The Kier molecular flexibility index (Phi) is 5.96. The first-order valence-electron chi connectivity index (χ1n) is 9.32. The molecule has 0 aliphatic heterocycles. The standard InChI is InChI=1S/C23H18ClN5O/c24-17-8-6-7-16(15-17)22(19-11-4-5-14-25-19)27-21-13-12-20(28-29-21)23(30)26-18-9-2-1-3-10-18/h1-15,22H,(H,26,30)(H,27,29). The van der Waals surface area contributed by atoms with E-state index in [0.29, 0.717) is 16.5 Å². The fraction of sp³-hybridized carbons (Fsp3) is 0.0435. The molecular formula is C23H18ClN5O. The van der Waals surface area contributed by atoms with Gasteiger partial charge in [-0.3, -0.25) is 9.78 Å². The molecule has 0 aliphatic rings. The first-order valence-corrected chi connectivity index (χ1v) is 9.70. The topological polar surface area (TPSA) is 79.8 Å². The molecule has 1 atom stereocenters. The predicted octanol–water partition coefficient (Wildman–Crippen LogP) is 4.98. The van der Waals surface area contributed by atoms with E-state index >= 15 is 0 Å². The van der Waals surface area contributed by atoms with Crippen molar-refractivity contribution in [3.63, 3.8) is 0 Å². The van der Waals surface area contributed by atoms with Crippen LogP contribution in [0.15, 0.2) is 91.1 Å². The molecule has 0 bridgehead atoms. The maximum absolute atomic E-state index is 12.4. The van der Waals surface area contributed by atoms with Crippen molar-refractivity contribution in [2.24, 2.45) is 0 Å². The zero-order valence-corrected chi connectivity index (χ0v) is 16.6. The van der Waals surface area contributed by atoms with E-state index in [-0.39, 0.29) is 17.6 Å². The maximum Gasteiger partial charge on any atom is 0.276 e. The van der Waals surface area contributed by atoms with E-state index in [1.54, 1.807) is 18.3 Å². The van der Waals surface area contributed by atoms with Crippen molar-refractivity contribution in [2.45, 2.75) is 6.04 Å². The third-order valence-corrected chi connectivity index (χ3v) is 4.62. The van der Waals surface area contributed by atoms with Gasteiger partial charge in [0, 0.05) is 16.9 Å². The molecular weight excluding hydrogens is 398 g/mol. The van der Waals surface area contributed by atoms with Crippen molar-refractivity contribution in [2.75, 3.05) is 10.6 Å². The smallest absolute Gasteiger partial charge is 0.276 e. The lowest BCUT2D eigenvalue weighted by molar-refractivity contribution is 0.102. The third kappa shape index (κ3) is 4.79. The van der Waals surface area contributed by atoms with E-state index < -0.39 is 0 Å². The van der Waals surface area contributed by atoms with Crippen molar-refractivity contribution in [1.29, 1.82) is 0 Å². The van der Waals surface area contributed by atoms with Gasteiger partial charge < -0.3 is 10.6 Å². The minimum absolute atomic E-state index is 0.224. The second kappa shape index (κ2) is 9.15. The Morgan fingerprint density at radius 1 is 0.867 bits per heavy atom. The molecule has 0 spiro atoms. The fourth-order valence-electron chi connectivity index (χ4n) is 2.96. The summed E-state index contributed by atoms with van der Waals surface area (Å²) in [7, 11) is 0. The lowest BCUT2D eigenvalue weighted by Gasteiger charge is -2.19. The van der Waals surface area contributed by atoms with Gasteiger partial charge in [-0.05, 0) is 54.1 Å². The van der Waals surface area contributed by atoms with Crippen LogP contribution in [-0.2, 0) is 0 Å². The van der Waals surface area contributed by atoms with Crippen LogP contribution in [0.25, 0.3) is 0 Å². The normalized spacial score (nSPS) is 11.5. The number of rotatable bonds is 6. The summed E-state index contributed by atoms with van der Waals surface area (Å²) in [6.07, 6.45) is 1.73. The van der Waals surface area contributed by atoms with Gasteiger partial charge >= 0.3 is 0 Å². The molecule has 1 unspecified atom stereocenters. The molecule has 2 N–H and O–H groups in total. The molecule has 4 aromatic rings. The second-order valence-corrected chi connectivity index (χ2v) is 6.95. The highest BCUT2D eigenvalue weighted by atomic mass is 35.5. The van der Waals surface area contributed by atoms with Crippen molar-refractivity contribution >= 4 is 29.0 Å². The van der Waals surface area contributed by atoms with Crippen LogP contribution in [0.2, 0.25) is 5.02 Å². The van der Waals surface area contributed by atoms with E-state index in [4.69, 9.17) is 11.6 Å². The summed E-state index contributed by atoms with van der Waals surface area (Å²) in [5.41, 5.74) is 2.67. The SMILES string of the molecule is O=C(Nc1ccccc1)c1ccc(NC(c2cccc(Cl)c2)c2ccccn2)nn1. The average Bonchev–Trinajstić information content (AvgIpc) is 2.79. The number of halogens is 1. The van der Waals surface area contributed by atoms with E-state index in [9.17, 15) is 4.79 Å². The Hall–Kier alpha value is -3.77. The molecule has 2 aromatic carbocycles. The lowest BCUT2D eigenvalue weighted by atomic mass is 10.0. The number of hydrogen-bond acceptors (Lipinski definition) is 5. The second-order valence-electron chi connectivity index (χ2n) is 6.51. The number of nitrogens with one attached hydrogen (secondary N) is 2. The Labute approximate surface area is 179 Å². The zero-order chi connectivity index (χ0) is 20.8. The van der Waals surface area contributed by atoms with Gasteiger partial charge in [-0.15, -0.1) is 10.2 Å². The molecule has 0 fully saturated rings. The fourth-order valence-corrected chi connectivity index (χ4v) is 3.15. The molecule has 0 saturated carbocycles. The number of benzene rings is 2. The van der Waals surface area contributed by atoms with Crippen LogP contribution in [0.3, 0.4) is 0 Å². The van der Waals surface area contributed by atoms with Crippen LogP contribution in [0.5, 0.6) is 0 Å². The Bertz CT molecular complexity index is 1120. The summed E-state index contributed by atoms with van der Waals surface area (Å²) >= 11 is 6.18. The zero-order valence-electron chi connectivity index (χ0n) is 15.9. The van der Waals surface area contributed by atoms with E-state index in [1.165, 1.54) is 0 Å². The highest BCUT2D eigenvalue weighted by Gasteiger charge is 2.17. The highest BCUT2D eigenvalue weighted by molar-refractivity contribution is 6.30. The van der Waals surface area contributed by atoms with Crippen molar-refractivity contribution in [3.8, 4) is 0 Å². The maximum atomic E-state index is 12.4. The predicted molar refractivity (Wildman–Crippen MR) is 118 cm³/mol. The monoisotopic (exact) mass is 415 g/mol. The minimum atomic E-state index is -0.323. The van der Waals surface area contributed by atoms with Gasteiger partial charge in [0.15, 0.2) is 5.69 Å². The molecule has 148 valence electrons. The molecule has 0 aliphatic carbocycles. The first kappa shape index (κ1) is 19.5. The molecule has 1 amide bonds. The first-order chi connectivity index (χ1) is 14.7. The highest BCUT2D eigenvalue weighted by Crippen LogP contribution is 2.26. The molecule has 30 heavy (non-hydrogen) atoms. The number of anilines is 2. The average molecular weight is 416 g/mol. The van der Waals surface area contributed by atoms with Crippen molar-refractivity contribution in [3.05, 3.63) is 113 Å². The van der Waals surface area contributed by atoms with Crippen LogP contribution in [0.4, 0.5) is 11.5 Å². The summed E-state index contributed by atoms with van der Waals surface area (Å²) < 4.78 is 0. The number of pyridine rings is 1. The Morgan fingerprint density at radius 2 is 1.70 bits per heavy atom. The molecule has 2 heterocycles. The van der Waals surface area contributed by atoms with Gasteiger partial charge in [-0.25, -0.2) is 0 Å². The molecule has 7 heteroatoms. The number of nitrogens with zero attached hydrogens (tertiary/aromatic N) is 3. The van der Waals surface area contributed by atoms with Crippen LogP contribution >= 0.6 is 11.6 Å². The van der Waals surface area contributed by atoms with E-state index in [2.05, 4.69) is 25.8 Å². The van der Waals surface area contributed by atoms with E-state index in [1.807, 2.05) is 72.8 Å². The minimum Gasteiger partial charge on any atom is -0.356 e. The number of amides is 1. The lowest BCUT2D eigenvalue weighted by Crippen LogP contribution is -2.17. The van der Waals surface area contributed by atoms with Crippen LogP contribution in [0.1, 0.15) is 27.8 Å². The van der Waals surface area contributed by atoms with Gasteiger partial charge in [0.1, 0.15) is 5.82 Å². The van der Waals surface area contributed by atoms with Crippen LogP contribution in [-0.4, -0.2) is 21.1 Å². The van der Waals surface area contributed by atoms with Crippen molar-refractivity contribution in [1.82, 2.24) is 15.2 Å². The molecule has 4 rings (SSSR count). The summed E-state index contributed by atoms with van der Waals surface area (Å²) in [4.78, 5) is 16.8. The molecule has 0 radical (unpaired) electrons. The number of aromatic nitrogens is 3. The molecule has 0 saturated heterocycles.